The largest absolute Gasteiger partial charge is 0.623 e. The summed E-state index contributed by atoms with van der Waals surface area (Å²) in [6.45, 7) is 1.45. The number of benzene rings is 2. The number of hydrogen-bond acceptors (Lipinski definition) is 4. The molecule has 1 aliphatic rings. The van der Waals surface area contributed by atoms with Crippen LogP contribution in [0.5, 0.6) is 0 Å². The first-order chi connectivity index (χ1) is 11.9. The Bertz CT molecular complexity index is 880. The number of likely N-dealkylation sites (N-methyl/N-ethyl adjacent to an activating group) is 1. The Morgan fingerprint density at radius 1 is 1.28 bits per heavy atom. The lowest BCUT2D eigenvalue weighted by Crippen LogP contribution is -2.39. The van der Waals surface area contributed by atoms with Crippen LogP contribution in [0.25, 0.3) is 0 Å². The van der Waals surface area contributed by atoms with Crippen molar-refractivity contribution >= 4 is 28.8 Å². The summed E-state index contributed by atoms with van der Waals surface area (Å²) in [5.74, 6) is -0.128. The number of halogens is 2. The summed E-state index contributed by atoms with van der Waals surface area (Å²) in [6.07, 6.45) is -0.821. The monoisotopic (exact) mass is 361 g/mol. The third kappa shape index (κ3) is 3.36. The number of fused-ring (bicyclic) bond motifs is 1. The second kappa shape index (κ2) is 6.82. The van der Waals surface area contributed by atoms with E-state index in [4.69, 9.17) is 11.6 Å². The van der Waals surface area contributed by atoms with E-state index in [0.717, 1.165) is 0 Å². The minimum atomic E-state index is -0.821. The van der Waals surface area contributed by atoms with E-state index in [9.17, 15) is 14.7 Å². The molecule has 2 aromatic carbocycles. The first kappa shape index (κ1) is 17.4. The minimum absolute atomic E-state index is 0.128. The maximum Gasteiger partial charge on any atom is 0.231 e. The maximum absolute atomic E-state index is 14.4. The Morgan fingerprint density at radius 2 is 2.00 bits per heavy atom. The van der Waals surface area contributed by atoms with Gasteiger partial charge in [0.05, 0.1) is 16.8 Å². The molecule has 0 radical (unpaired) electrons. The Kier molecular flexibility index (Phi) is 4.74. The summed E-state index contributed by atoms with van der Waals surface area (Å²) in [4.78, 5) is 5.99. The third-order valence-corrected chi connectivity index (χ3v) is 4.33. The van der Waals surface area contributed by atoms with Crippen molar-refractivity contribution in [1.82, 2.24) is 4.90 Å². The van der Waals surface area contributed by atoms with Gasteiger partial charge in [-0.15, -0.1) is 0 Å². The van der Waals surface area contributed by atoms with Gasteiger partial charge in [0.15, 0.2) is 5.84 Å². The average molecular weight is 362 g/mol. The van der Waals surface area contributed by atoms with Crippen molar-refractivity contribution in [2.45, 2.75) is 13.2 Å². The van der Waals surface area contributed by atoms with Crippen LogP contribution in [0.15, 0.2) is 47.5 Å². The van der Waals surface area contributed by atoms with Gasteiger partial charge in [0.25, 0.3) is 0 Å². The number of nitrogens with zero attached hydrogens (tertiary/aromatic N) is 3. The van der Waals surface area contributed by atoms with Crippen LogP contribution in [0.1, 0.15) is 18.1 Å². The molecule has 0 bridgehead atoms. The van der Waals surface area contributed by atoms with Gasteiger partial charge in [-0.2, -0.15) is 4.74 Å². The van der Waals surface area contributed by atoms with Crippen LogP contribution < -0.4 is 0 Å². The molecule has 0 fully saturated rings. The smallest absolute Gasteiger partial charge is 0.231 e. The zero-order valence-electron chi connectivity index (χ0n) is 13.8. The Balaban J connectivity index is 2.26. The summed E-state index contributed by atoms with van der Waals surface area (Å²) in [7, 11) is 1.64. The molecule has 0 saturated heterocycles. The number of aliphatic hydroxyl groups is 1. The van der Waals surface area contributed by atoms with Crippen molar-refractivity contribution in [3.05, 3.63) is 69.6 Å². The predicted octanol–water partition coefficient (Wildman–Crippen LogP) is 3.14. The highest BCUT2D eigenvalue weighted by atomic mass is 35.5. The third-order valence-electron chi connectivity index (χ3n) is 4.09. The van der Waals surface area contributed by atoms with E-state index in [-0.39, 0.29) is 17.8 Å². The molecule has 0 saturated carbocycles. The van der Waals surface area contributed by atoms with Crippen molar-refractivity contribution in [3.63, 3.8) is 0 Å². The summed E-state index contributed by atoms with van der Waals surface area (Å²) in [5, 5.41) is 23.1. The van der Waals surface area contributed by atoms with Crippen molar-refractivity contribution in [3.8, 4) is 0 Å². The van der Waals surface area contributed by atoms with Crippen LogP contribution in [0.3, 0.4) is 0 Å². The topological polar surface area (TPSA) is 61.9 Å². The normalized spacial score (nSPS) is 15.3. The van der Waals surface area contributed by atoms with Gasteiger partial charge in [-0.25, -0.2) is 9.38 Å². The predicted molar refractivity (Wildman–Crippen MR) is 96.1 cm³/mol. The van der Waals surface area contributed by atoms with Gasteiger partial charge in [-0.05, 0) is 37.3 Å². The maximum atomic E-state index is 14.4. The van der Waals surface area contributed by atoms with Crippen LogP contribution >= 0.6 is 11.6 Å². The van der Waals surface area contributed by atoms with E-state index >= 15 is 0 Å². The van der Waals surface area contributed by atoms with E-state index < -0.39 is 12.0 Å². The van der Waals surface area contributed by atoms with Crippen molar-refractivity contribution < 1.29 is 14.2 Å². The molecular formula is C18H17ClFN3O2. The molecule has 130 valence electrons. The summed E-state index contributed by atoms with van der Waals surface area (Å²) >= 11 is 6.09. The molecule has 1 atom stereocenters. The number of aliphatic hydroxyl groups excluding tert-OH is 1. The molecule has 0 aromatic heterocycles. The van der Waals surface area contributed by atoms with Gasteiger partial charge in [-0.1, -0.05) is 23.7 Å². The standard InChI is InChI=1S/C18H17ClFN3O2/c1-11(24)22(2)17-10-23(25)18(13-5-3-4-6-15(13)20)14-9-12(19)7-8-16(14)21-17/h3-9,11,24H,10H2,1-2H3. The second-order valence-corrected chi connectivity index (χ2v) is 6.23. The fraction of sp³-hybridized carbons (Fsp3) is 0.222. The van der Waals surface area contributed by atoms with Crippen LogP contribution in [-0.2, 0) is 0 Å². The van der Waals surface area contributed by atoms with Gasteiger partial charge >= 0.3 is 0 Å². The highest BCUT2D eigenvalue weighted by molar-refractivity contribution is 6.31. The fourth-order valence-electron chi connectivity index (χ4n) is 2.65. The zero-order chi connectivity index (χ0) is 18.1. The Labute approximate surface area is 149 Å². The molecule has 25 heavy (non-hydrogen) atoms. The van der Waals surface area contributed by atoms with Gasteiger partial charge in [0.2, 0.25) is 12.3 Å². The van der Waals surface area contributed by atoms with Crippen LogP contribution in [-0.4, -0.2) is 46.1 Å². The Morgan fingerprint density at radius 3 is 2.68 bits per heavy atom. The molecule has 3 rings (SSSR count). The van der Waals surface area contributed by atoms with Crippen molar-refractivity contribution in [2.24, 2.45) is 4.99 Å². The fourth-order valence-corrected chi connectivity index (χ4v) is 2.82. The highest BCUT2D eigenvalue weighted by Gasteiger charge is 2.28. The molecule has 2 aromatic rings. The van der Waals surface area contributed by atoms with Crippen LogP contribution in [0.2, 0.25) is 5.02 Å². The number of amidine groups is 1. The summed E-state index contributed by atoms with van der Waals surface area (Å²) in [5.41, 5.74) is 1.27. The van der Waals surface area contributed by atoms with E-state index in [2.05, 4.69) is 4.99 Å². The number of hydrogen-bond donors (Lipinski definition) is 1. The first-order valence-electron chi connectivity index (χ1n) is 7.73. The summed E-state index contributed by atoms with van der Waals surface area (Å²) in [6, 6.07) is 11.0. The SMILES string of the molecule is CC(O)N(C)C1=Nc2ccc(Cl)cc2C(c2ccccc2F)=[N+]([O-])C1. The molecule has 0 aliphatic carbocycles. The molecule has 1 heterocycles. The molecule has 1 N–H and O–H groups in total. The lowest BCUT2D eigenvalue weighted by molar-refractivity contribution is -0.440. The number of hydroxylamine groups is 1. The molecule has 0 amide bonds. The average Bonchev–Trinajstić information content (AvgIpc) is 2.70. The molecule has 1 unspecified atom stereocenters. The number of aliphatic imine (C=N–C) groups is 1. The number of rotatable bonds is 2. The molecule has 0 spiro atoms. The van der Waals surface area contributed by atoms with Gasteiger partial charge in [-0.3, -0.25) is 0 Å². The van der Waals surface area contributed by atoms with E-state index in [0.29, 0.717) is 26.8 Å². The van der Waals surface area contributed by atoms with Gasteiger partial charge in [0.1, 0.15) is 12.0 Å². The molecular weight excluding hydrogens is 345 g/mol. The van der Waals surface area contributed by atoms with E-state index in [1.54, 1.807) is 50.4 Å². The minimum Gasteiger partial charge on any atom is -0.623 e. The first-order valence-corrected chi connectivity index (χ1v) is 8.11. The Hall–Kier alpha value is -2.44. The lowest BCUT2D eigenvalue weighted by atomic mass is 10.00. The van der Waals surface area contributed by atoms with Crippen LogP contribution in [0.4, 0.5) is 10.1 Å². The van der Waals surface area contributed by atoms with Crippen LogP contribution in [0, 0.1) is 11.0 Å². The zero-order valence-corrected chi connectivity index (χ0v) is 14.5. The highest BCUT2D eigenvalue weighted by Crippen LogP contribution is 2.29. The summed E-state index contributed by atoms with van der Waals surface area (Å²) < 4.78 is 15.0. The van der Waals surface area contributed by atoms with Gasteiger partial charge in [0, 0.05) is 12.1 Å². The van der Waals surface area contributed by atoms with E-state index in [1.807, 2.05) is 0 Å². The van der Waals surface area contributed by atoms with Gasteiger partial charge < -0.3 is 15.2 Å². The van der Waals surface area contributed by atoms with Crippen molar-refractivity contribution in [2.75, 3.05) is 13.6 Å². The molecule has 1 aliphatic heterocycles. The quantitative estimate of drug-likeness (QED) is 0.508. The lowest BCUT2D eigenvalue weighted by Gasteiger charge is -2.22. The van der Waals surface area contributed by atoms with Crippen molar-refractivity contribution in [1.29, 1.82) is 0 Å². The van der Waals surface area contributed by atoms with E-state index in [1.165, 1.54) is 11.0 Å². The molecule has 7 heteroatoms. The second-order valence-electron chi connectivity index (χ2n) is 5.80. The molecule has 5 nitrogen and oxygen atoms in total.